The van der Waals surface area contributed by atoms with E-state index in [1.807, 2.05) is 11.8 Å². The molecule has 2 amide bonds. The van der Waals surface area contributed by atoms with Gasteiger partial charge in [0, 0.05) is 11.1 Å². The van der Waals surface area contributed by atoms with Crippen molar-refractivity contribution in [2.75, 3.05) is 0 Å². The lowest BCUT2D eigenvalue weighted by molar-refractivity contribution is -0.158. The molecule has 1 atom stereocenters. The van der Waals surface area contributed by atoms with Crippen molar-refractivity contribution < 1.29 is 9.59 Å². The van der Waals surface area contributed by atoms with Crippen LogP contribution in [0.15, 0.2) is 11.7 Å². The number of carbonyl (C=O) groups excluding carboxylic acids is 2. The lowest BCUT2D eigenvalue weighted by Crippen LogP contribution is -2.69. The first-order valence-corrected chi connectivity index (χ1v) is 8.05. The molecule has 0 aromatic carbocycles. The molecule has 1 aromatic rings. The summed E-state index contributed by atoms with van der Waals surface area (Å²) in [6, 6.07) is -0.373. The van der Waals surface area contributed by atoms with Crippen molar-refractivity contribution in [3.8, 4) is 0 Å². The topological polar surface area (TPSA) is 62.3 Å². The van der Waals surface area contributed by atoms with Crippen molar-refractivity contribution >= 4 is 23.2 Å². The Balaban J connectivity index is 1.94. The maximum atomic E-state index is 12.7. The number of nitrogens with zero attached hydrogens (tertiary/aromatic N) is 2. The Labute approximate surface area is 122 Å². The maximum Gasteiger partial charge on any atom is 0.246 e. The van der Waals surface area contributed by atoms with Crippen molar-refractivity contribution in [3.05, 3.63) is 16.6 Å². The van der Waals surface area contributed by atoms with Gasteiger partial charge in [-0.2, -0.15) is 0 Å². The average Bonchev–Trinajstić information content (AvgIpc) is 3.11. The fourth-order valence-corrected chi connectivity index (χ4v) is 3.90. The molecule has 6 heteroatoms. The molecule has 1 aliphatic heterocycles. The first-order valence-electron chi connectivity index (χ1n) is 7.17. The van der Waals surface area contributed by atoms with Crippen LogP contribution in [0.25, 0.3) is 0 Å². The normalized spacial score (nSPS) is 25.2. The lowest BCUT2D eigenvalue weighted by Gasteiger charge is -2.46. The van der Waals surface area contributed by atoms with Crippen LogP contribution in [-0.4, -0.2) is 33.3 Å². The van der Waals surface area contributed by atoms with Gasteiger partial charge in [-0.1, -0.05) is 19.8 Å². The van der Waals surface area contributed by atoms with Gasteiger partial charge in [0.05, 0.1) is 12.1 Å². The van der Waals surface area contributed by atoms with Crippen LogP contribution in [0.1, 0.15) is 43.9 Å². The highest BCUT2D eigenvalue weighted by Crippen LogP contribution is 2.39. The Morgan fingerprint density at radius 3 is 2.80 bits per heavy atom. The number of thiazole rings is 1. The van der Waals surface area contributed by atoms with Gasteiger partial charge >= 0.3 is 0 Å². The van der Waals surface area contributed by atoms with Gasteiger partial charge in [-0.3, -0.25) is 14.6 Å². The van der Waals surface area contributed by atoms with Gasteiger partial charge in [-0.05, 0) is 19.3 Å². The maximum absolute atomic E-state index is 12.7. The van der Waals surface area contributed by atoms with Crippen LogP contribution < -0.4 is 5.32 Å². The summed E-state index contributed by atoms with van der Waals surface area (Å²) in [6.45, 7) is 2.44. The number of carbonyl (C=O) groups is 2. The smallest absolute Gasteiger partial charge is 0.246 e. The standard InChI is InChI=1S/C14H19N3O2S/c1-2-11-12(18)17(8-10-7-15-9-20-10)14(13(19)16-11)5-3-4-6-14/h7,9,11H,2-6,8H2,1H3,(H,16,19). The van der Waals surface area contributed by atoms with Crippen molar-refractivity contribution in [2.24, 2.45) is 0 Å². The number of hydrogen-bond acceptors (Lipinski definition) is 4. The predicted octanol–water partition coefficient (Wildman–Crippen LogP) is 1.69. The highest BCUT2D eigenvalue weighted by Gasteiger charge is 2.53. The van der Waals surface area contributed by atoms with Crippen molar-refractivity contribution in [1.82, 2.24) is 15.2 Å². The molecular weight excluding hydrogens is 274 g/mol. The first kappa shape index (κ1) is 13.5. The summed E-state index contributed by atoms with van der Waals surface area (Å²) in [5.41, 5.74) is 1.15. The molecule has 5 nitrogen and oxygen atoms in total. The number of hydrogen-bond donors (Lipinski definition) is 1. The number of piperazine rings is 1. The summed E-state index contributed by atoms with van der Waals surface area (Å²) < 4.78 is 0. The van der Waals surface area contributed by atoms with E-state index in [9.17, 15) is 9.59 Å². The number of aromatic nitrogens is 1. The van der Waals surface area contributed by atoms with E-state index in [-0.39, 0.29) is 17.9 Å². The zero-order chi connectivity index (χ0) is 14.2. The third kappa shape index (κ3) is 2.02. The van der Waals surface area contributed by atoms with E-state index in [0.717, 1.165) is 30.6 Å². The van der Waals surface area contributed by atoms with Crippen LogP contribution in [0.4, 0.5) is 0 Å². The highest BCUT2D eigenvalue weighted by molar-refractivity contribution is 7.09. The van der Waals surface area contributed by atoms with E-state index in [1.165, 1.54) is 11.3 Å². The van der Waals surface area contributed by atoms with Gasteiger partial charge in [0.1, 0.15) is 11.6 Å². The number of amides is 2. The third-order valence-corrected chi connectivity index (χ3v) is 5.21. The Hall–Kier alpha value is -1.43. The van der Waals surface area contributed by atoms with Gasteiger partial charge in [0.25, 0.3) is 0 Å². The van der Waals surface area contributed by atoms with Crippen molar-refractivity contribution in [3.63, 3.8) is 0 Å². The van der Waals surface area contributed by atoms with E-state index in [1.54, 1.807) is 11.7 Å². The van der Waals surface area contributed by atoms with E-state index in [4.69, 9.17) is 0 Å². The quantitative estimate of drug-likeness (QED) is 0.922. The number of nitrogens with one attached hydrogen (secondary N) is 1. The fourth-order valence-electron chi connectivity index (χ4n) is 3.31. The van der Waals surface area contributed by atoms with Crippen LogP contribution in [0, 0.1) is 0 Å². The Morgan fingerprint density at radius 2 is 2.20 bits per heavy atom. The van der Waals surface area contributed by atoms with Crippen molar-refractivity contribution in [1.29, 1.82) is 0 Å². The zero-order valence-corrected chi connectivity index (χ0v) is 12.4. The third-order valence-electron chi connectivity index (χ3n) is 4.45. The summed E-state index contributed by atoms with van der Waals surface area (Å²) in [6.07, 6.45) is 6.00. The van der Waals surface area contributed by atoms with Gasteiger partial charge < -0.3 is 10.2 Å². The summed E-state index contributed by atoms with van der Waals surface area (Å²) in [5.74, 6) is 0.0911. The van der Waals surface area contributed by atoms with Crippen LogP contribution in [0.3, 0.4) is 0 Å². The first-order chi connectivity index (χ1) is 9.67. The molecule has 1 aliphatic carbocycles. The van der Waals surface area contributed by atoms with Gasteiger partial charge in [0.2, 0.25) is 11.8 Å². The second-order valence-electron chi connectivity index (χ2n) is 5.57. The summed E-state index contributed by atoms with van der Waals surface area (Å²) in [5, 5.41) is 2.92. The van der Waals surface area contributed by atoms with Crippen molar-refractivity contribution in [2.45, 2.75) is 57.2 Å². The molecule has 1 unspecified atom stereocenters. The molecule has 2 aliphatic rings. The largest absolute Gasteiger partial charge is 0.342 e. The molecule has 1 aromatic heterocycles. The summed E-state index contributed by atoms with van der Waals surface area (Å²) in [7, 11) is 0. The average molecular weight is 293 g/mol. The van der Waals surface area contributed by atoms with Crippen LogP contribution in [0.2, 0.25) is 0 Å². The molecule has 0 radical (unpaired) electrons. The van der Waals surface area contributed by atoms with E-state index >= 15 is 0 Å². The molecule has 2 heterocycles. The molecule has 2 fully saturated rings. The molecule has 20 heavy (non-hydrogen) atoms. The highest BCUT2D eigenvalue weighted by atomic mass is 32.1. The Kier molecular flexibility index (Phi) is 3.50. The van der Waals surface area contributed by atoms with E-state index in [0.29, 0.717) is 13.0 Å². The molecular formula is C14H19N3O2S. The van der Waals surface area contributed by atoms with Crippen LogP contribution in [-0.2, 0) is 16.1 Å². The minimum atomic E-state index is -0.618. The minimum absolute atomic E-state index is 0.0333. The van der Waals surface area contributed by atoms with Crippen LogP contribution in [0.5, 0.6) is 0 Å². The second-order valence-corrected chi connectivity index (χ2v) is 6.54. The molecule has 1 saturated heterocycles. The fraction of sp³-hybridized carbons (Fsp3) is 0.643. The molecule has 1 N–H and O–H groups in total. The van der Waals surface area contributed by atoms with Gasteiger partial charge in [-0.15, -0.1) is 11.3 Å². The number of rotatable bonds is 3. The Bertz CT molecular complexity index is 508. The summed E-state index contributed by atoms with van der Waals surface area (Å²) >= 11 is 1.53. The SMILES string of the molecule is CCC1NC(=O)C2(CCCC2)N(Cc2cncs2)C1=O. The Morgan fingerprint density at radius 1 is 1.45 bits per heavy atom. The second kappa shape index (κ2) is 5.16. The predicted molar refractivity (Wildman–Crippen MR) is 76.1 cm³/mol. The molecule has 1 saturated carbocycles. The minimum Gasteiger partial charge on any atom is -0.342 e. The molecule has 0 bridgehead atoms. The van der Waals surface area contributed by atoms with Gasteiger partial charge in [-0.25, -0.2) is 0 Å². The monoisotopic (exact) mass is 293 g/mol. The van der Waals surface area contributed by atoms with E-state index < -0.39 is 5.54 Å². The summed E-state index contributed by atoms with van der Waals surface area (Å²) in [4.78, 5) is 32.2. The molecule has 1 spiro atoms. The lowest BCUT2D eigenvalue weighted by atomic mass is 9.89. The van der Waals surface area contributed by atoms with Crippen LogP contribution >= 0.6 is 11.3 Å². The van der Waals surface area contributed by atoms with E-state index in [2.05, 4.69) is 10.3 Å². The van der Waals surface area contributed by atoms with Gasteiger partial charge in [0.15, 0.2) is 0 Å². The molecule has 3 rings (SSSR count). The molecule has 108 valence electrons. The zero-order valence-electron chi connectivity index (χ0n) is 11.6.